The van der Waals surface area contributed by atoms with E-state index < -0.39 is 0 Å². The van der Waals surface area contributed by atoms with E-state index in [1.807, 2.05) is 13.8 Å². The molecule has 30 heavy (non-hydrogen) atoms. The molecule has 2 heterocycles. The highest BCUT2D eigenvalue weighted by Crippen LogP contribution is 2.19. The predicted molar refractivity (Wildman–Crippen MR) is 119 cm³/mol. The Bertz CT molecular complexity index is 491. The molecule has 2 saturated heterocycles. The lowest BCUT2D eigenvalue weighted by Crippen LogP contribution is -2.52. The van der Waals surface area contributed by atoms with Crippen molar-refractivity contribution < 1.29 is 28.0 Å². The molecule has 6 heteroatoms. The first kappa shape index (κ1) is 25.1. The number of piperidine rings is 2. The molecule has 0 saturated carbocycles. The molecule has 0 aromatic carbocycles. The second kappa shape index (κ2) is 12.0. The Labute approximate surface area is 184 Å². The number of likely N-dealkylation sites (tertiary alicyclic amines) is 2. The summed E-state index contributed by atoms with van der Waals surface area (Å²) in [6, 6.07) is 0. The number of hydrogen-bond donors (Lipinski definition) is 0. The number of unbranched alkanes of at least 4 members (excludes halogenated alkanes) is 1. The van der Waals surface area contributed by atoms with E-state index in [0.717, 1.165) is 22.1 Å². The fourth-order valence-corrected chi connectivity index (χ4v) is 5.34. The molecule has 0 spiro atoms. The molecule has 0 unspecified atom stereocenters. The van der Waals surface area contributed by atoms with Crippen LogP contribution >= 0.6 is 0 Å². The van der Waals surface area contributed by atoms with Gasteiger partial charge in [-0.25, -0.2) is 0 Å². The number of carbonyl (C=O) groups excluding carboxylic acids is 2. The van der Waals surface area contributed by atoms with Gasteiger partial charge in [-0.05, 0) is 65.2 Å². The van der Waals surface area contributed by atoms with Gasteiger partial charge in [0.05, 0.1) is 40.3 Å². The van der Waals surface area contributed by atoms with Crippen LogP contribution in [0.25, 0.3) is 0 Å². The van der Waals surface area contributed by atoms with Crippen molar-refractivity contribution in [2.75, 3.05) is 53.4 Å². The first-order chi connectivity index (χ1) is 14.2. The summed E-state index contributed by atoms with van der Waals surface area (Å²) in [5, 5.41) is 0. The number of likely N-dealkylation sites (N-methyl/N-ethyl adjacent to an activating group) is 2. The Balaban J connectivity index is 1.55. The smallest absolute Gasteiger partial charge is 0.306 e. The standard InChI is InChI=1S/C24H46N2O4/c1-21(19-25(3)15-9-5-10-16-25)29-23(27)13-7-8-14-24(28)30-22(2)20-26(4)17-11-6-12-18-26/h21-22H,5-20H2,1-4H3/q+2/t21-,22+. The maximum absolute atomic E-state index is 12.1. The number of quaternary nitrogens is 2. The highest BCUT2D eigenvalue weighted by atomic mass is 16.5. The molecule has 0 N–H and O–H groups in total. The third-order valence-electron chi connectivity index (χ3n) is 6.86. The van der Waals surface area contributed by atoms with Crippen molar-refractivity contribution in [3.8, 4) is 0 Å². The number of carbonyl (C=O) groups is 2. The molecule has 2 rings (SSSR count). The lowest BCUT2D eigenvalue weighted by molar-refractivity contribution is -0.916. The highest BCUT2D eigenvalue weighted by molar-refractivity contribution is 5.70. The largest absolute Gasteiger partial charge is 0.457 e. The maximum atomic E-state index is 12.1. The van der Waals surface area contributed by atoms with Crippen LogP contribution in [0.2, 0.25) is 0 Å². The van der Waals surface area contributed by atoms with Crippen LogP contribution in [0.5, 0.6) is 0 Å². The Morgan fingerprint density at radius 3 is 1.33 bits per heavy atom. The van der Waals surface area contributed by atoms with Gasteiger partial charge in [0.2, 0.25) is 0 Å². The fourth-order valence-electron chi connectivity index (χ4n) is 5.34. The third-order valence-corrected chi connectivity index (χ3v) is 6.86. The van der Waals surface area contributed by atoms with Crippen molar-refractivity contribution in [2.45, 2.75) is 90.3 Å². The van der Waals surface area contributed by atoms with E-state index in [9.17, 15) is 9.59 Å². The van der Waals surface area contributed by atoms with Crippen molar-refractivity contribution in [3.05, 3.63) is 0 Å². The zero-order chi connectivity index (χ0) is 22.0. The van der Waals surface area contributed by atoms with Crippen LogP contribution in [0.15, 0.2) is 0 Å². The number of hydrogen-bond acceptors (Lipinski definition) is 4. The molecule has 6 nitrogen and oxygen atoms in total. The SMILES string of the molecule is C[C@H](C[N+]1(C)CCCCC1)OC(=O)CCCCC(=O)O[C@@H](C)C[N+]1(C)CCCCC1. The highest BCUT2D eigenvalue weighted by Gasteiger charge is 2.29. The molecule has 0 bridgehead atoms. The molecule has 0 aromatic rings. The molecule has 2 aliphatic heterocycles. The van der Waals surface area contributed by atoms with Gasteiger partial charge in [0.15, 0.2) is 0 Å². The molecular formula is C24H46N2O4+2. The predicted octanol–water partition coefficient (Wildman–Crippen LogP) is 3.67. The van der Waals surface area contributed by atoms with E-state index in [1.165, 1.54) is 64.7 Å². The van der Waals surface area contributed by atoms with Gasteiger partial charge in [0.25, 0.3) is 0 Å². The molecule has 0 aliphatic carbocycles. The van der Waals surface area contributed by atoms with E-state index in [0.29, 0.717) is 25.7 Å². The van der Waals surface area contributed by atoms with Crippen LogP contribution in [-0.2, 0) is 19.1 Å². The van der Waals surface area contributed by atoms with Crippen LogP contribution in [0.1, 0.15) is 78.1 Å². The molecule has 174 valence electrons. The number of ether oxygens (including phenoxy) is 2. The van der Waals surface area contributed by atoms with E-state index >= 15 is 0 Å². The van der Waals surface area contributed by atoms with Crippen molar-refractivity contribution in [1.29, 1.82) is 0 Å². The molecule has 0 radical (unpaired) electrons. The first-order valence-electron chi connectivity index (χ1n) is 12.3. The average Bonchev–Trinajstić information content (AvgIpc) is 2.65. The first-order valence-corrected chi connectivity index (χ1v) is 12.3. The molecule has 2 aliphatic rings. The molecule has 2 atom stereocenters. The summed E-state index contributed by atoms with van der Waals surface area (Å²) in [5.74, 6) is -0.286. The van der Waals surface area contributed by atoms with Gasteiger partial charge in [-0.3, -0.25) is 9.59 Å². The number of rotatable bonds is 11. The van der Waals surface area contributed by atoms with Crippen LogP contribution < -0.4 is 0 Å². The summed E-state index contributed by atoms with van der Waals surface area (Å²) in [6.45, 7) is 10.5. The van der Waals surface area contributed by atoms with Crippen LogP contribution in [0.4, 0.5) is 0 Å². The van der Waals surface area contributed by atoms with Gasteiger partial charge < -0.3 is 18.4 Å². The van der Waals surface area contributed by atoms with Crippen molar-refractivity contribution >= 4 is 11.9 Å². The molecule has 0 aromatic heterocycles. The second-order valence-corrected chi connectivity index (χ2v) is 10.4. The van der Waals surface area contributed by atoms with Crippen LogP contribution in [-0.4, -0.2) is 86.5 Å². The zero-order valence-electron chi connectivity index (χ0n) is 20.0. The normalized spacial score (nSPS) is 22.7. The van der Waals surface area contributed by atoms with Gasteiger partial charge in [0.1, 0.15) is 25.3 Å². The third kappa shape index (κ3) is 9.34. The van der Waals surface area contributed by atoms with E-state index in [4.69, 9.17) is 9.47 Å². The Morgan fingerprint density at radius 1 is 0.667 bits per heavy atom. The second-order valence-electron chi connectivity index (χ2n) is 10.4. The summed E-state index contributed by atoms with van der Waals surface area (Å²) in [4.78, 5) is 24.3. The van der Waals surface area contributed by atoms with E-state index in [2.05, 4.69) is 14.1 Å². The average molecular weight is 427 g/mol. The van der Waals surface area contributed by atoms with Crippen molar-refractivity contribution in [1.82, 2.24) is 0 Å². The van der Waals surface area contributed by atoms with Gasteiger partial charge in [0, 0.05) is 12.8 Å². The summed E-state index contributed by atoms with van der Waals surface area (Å²) in [7, 11) is 4.53. The minimum absolute atomic E-state index is 0.0503. The minimum atomic E-state index is -0.143. The Hall–Kier alpha value is -1.14. The van der Waals surface area contributed by atoms with E-state index in [-0.39, 0.29) is 24.1 Å². The Kier molecular flexibility index (Phi) is 10.1. The topological polar surface area (TPSA) is 52.6 Å². The summed E-state index contributed by atoms with van der Waals surface area (Å²) in [5.41, 5.74) is 0. The molecular weight excluding hydrogens is 380 g/mol. The van der Waals surface area contributed by atoms with Crippen molar-refractivity contribution in [2.24, 2.45) is 0 Å². The van der Waals surface area contributed by atoms with Gasteiger partial charge in [-0.2, -0.15) is 0 Å². The van der Waals surface area contributed by atoms with E-state index in [1.54, 1.807) is 0 Å². The fraction of sp³-hybridized carbons (Fsp3) is 0.917. The number of esters is 2. The number of nitrogens with zero attached hydrogens (tertiary/aromatic N) is 2. The van der Waals surface area contributed by atoms with Gasteiger partial charge in [-0.15, -0.1) is 0 Å². The summed E-state index contributed by atoms with van der Waals surface area (Å²) in [6.07, 6.45) is 9.73. The lowest BCUT2D eigenvalue weighted by atomic mass is 10.1. The molecule has 0 amide bonds. The quantitative estimate of drug-likeness (QED) is 0.287. The molecule has 2 fully saturated rings. The summed E-state index contributed by atoms with van der Waals surface area (Å²) >= 11 is 0. The van der Waals surface area contributed by atoms with Gasteiger partial charge in [-0.1, -0.05) is 0 Å². The minimum Gasteiger partial charge on any atom is -0.457 e. The van der Waals surface area contributed by atoms with Gasteiger partial charge >= 0.3 is 11.9 Å². The van der Waals surface area contributed by atoms with Crippen molar-refractivity contribution in [3.63, 3.8) is 0 Å². The maximum Gasteiger partial charge on any atom is 0.306 e. The van der Waals surface area contributed by atoms with Crippen LogP contribution in [0.3, 0.4) is 0 Å². The monoisotopic (exact) mass is 426 g/mol. The van der Waals surface area contributed by atoms with Crippen LogP contribution in [0, 0.1) is 0 Å². The Morgan fingerprint density at radius 2 is 1.00 bits per heavy atom. The lowest BCUT2D eigenvalue weighted by Gasteiger charge is -2.39. The zero-order valence-corrected chi connectivity index (χ0v) is 20.0. The summed E-state index contributed by atoms with van der Waals surface area (Å²) < 4.78 is 13.2.